The average molecular weight is 716 g/mol. The van der Waals surface area contributed by atoms with Gasteiger partial charge in [-0.05, 0) is 39.0 Å². The topological polar surface area (TPSA) is 94.5 Å². The molecule has 0 bridgehead atoms. The third kappa shape index (κ3) is 14.8. The van der Waals surface area contributed by atoms with Gasteiger partial charge in [-0.2, -0.15) is 4.57 Å². The molecule has 0 atom stereocenters. The third-order valence-corrected chi connectivity index (χ3v) is 8.94. The van der Waals surface area contributed by atoms with Crippen molar-refractivity contribution >= 4 is 17.7 Å². The molecular formula is C35H62IN3O4. The molecular weight excluding hydrogens is 653 g/mol. The number of hydrogen-bond donors (Lipinski definition) is 2. The van der Waals surface area contributed by atoms with Gasteiger partial charge in [0, 0.05) is 13.5 Å². The van der Waals surface area contributed by atoms with E-state index in [1.807, 2.05) is 18.4 Å². The molecule has 0 spiro atoms. The number of halogens is 1. The van der Waals surface area contributed by atoms with Gasteiger partial charge in [0.05, 0.1) is 12.2 Å². The van der Waals surface area contributed by atoms with E-state index < -0.39 is 12.1 Å². The van der Waals surface area contributed by atoms with E-state index in [0.29, 0.717) is 54.0 Å². The van der Waals surface area contributed by atoms with Crippen LogP contribution in [-0.2, 0) is 11.3 Å². The zero-order valence-corrected chi connectivity index (χ0v) is 30.0. The molecule has 43 heavy (non-hydrogen) atoms. The van der Waals surface area contributed by atoms with E-state index >= 15 is 0 Å². The lowest BCUT2D eigenvalue weighted by Crippen LogP contribution is -3.00. The van der Waals surface area contributed by atoms with Crippen LogP contribution in [-0.4, -0.2) is 25.2 Å². The van der Waals surface area contributed by atoms with E-state index in [9.17, 15) is 9.59 Å². The summed E-state index contributed by atoms with van der Waals surface area (Å²) in [6, 6.07) is 0. The van der Waals surface area contributed by atoms with Crippen molar-refractivity contribution in [1.82, 2.24) is 5.32 Å². The fourth-order valence-electron chi connectivity index (χ4n) is 6.20. The molecule has 1 aromatic rings. The van der Waals surface area contributed by atoms with E-state index in [2.05, 4.69) is 12.2 Å². The lowest BCUT2D eigenvalue weighted by Gasteiger charge is -2.16. The van der Waals surface area contributed by atoms with Crippen LogP contribution in [0, 0.1) is 19.8 Å². The molecule has 0 aromatic carbocycles. The molecule has 1 aliphatic rings. The summed E-state index contributed by atoms with van der Waals surface area (Å²) in [7, 11) is 0. The van der Waals surface area contributed by atoms with Gasteiger partial charge in [0.2, 0.25) is 5.69 Å². The van der Waals surface area contributed by atoms with Crippen molar-refractivity contribution < 1.29 is 47.6 Å². The zero-order chi connectivity index (χ0) is 30.6. The molecule has 3 N–H and O–H groups in total. The van der Waals surface area contributed by atoms with Crippen LogP contribution in [0.15, 0.2) is 0 Å². The Morgan fingerprint density at radius 1 is 0.814 bits per heavy atom. The van der Waals surface area contributed by atoms with Crippen molar-refractivity contribution in [2.45, 2.75) is 163 Å². The molecule has 1 heterocycles. The van der Waals surface area contributed by atoms with Gasteiger partial charge in [-0.15, -0.1) is 0 Å². The lowest BCUT2D eigenvalue weighted by molar-refractivity contribution is -0.702. The number of nitrogens with zero attached hydrogens (tertiary/aromatic N) is 1. The molecule has 1 aliphatic carbocycles. The smallest absolute Gasteiger partial charge is 0.416 e. The predicted octanol–water partition coefficient (Wildman–Crippen LogP) is 5.89. The number of rotatable bonds is 22. The summed E-state index contributed by atoms with van der Waals surface area (Å²) in [4.78, 5) is 25.7. The number of pyridine rings is 1. The second kappa shape index (κ2) is 23.8. The van der Waals surface area contributed by atoms with Crippen LogP contribution in [0.4, 0.5) is 10.5 Å². The van der Waals surface area contributed by atoms with Gasteiger partial charge in [-0.1, -0.05) is 116 Å². The lowest BCUT2D eigenvalue weighted by atomic mass is 10.0. The summed E-state index contributed by atoms with van der Waals surface area (Å²) in [5, 5.41) is 2.88. The first-order valence-electron chi connectivity index (χ1n) is 17.4. The van der Waals surface area contributed by atoms with Crippen LogP contribution >= 0.6 is 0 Å². The van der Waals surface area contributed by atoms with Crippen molar-refractivity contribution in [3.05, 3.63) is 16.8 Å². The van der Waals surface area contributed by atoms with E-state index in [-0.39, 0.29) is 24.0 Å². The quantitative estimate of drug-likeness (QED) is 0.0676. The monoisotopic (exact) mass is 715 g/mol. The number of nitrogens with one attached hydrogen (secondary N) is 1. The highest BCUT2D eigenvalue weighted by Crippen LogP contribution is 2.29. The number of amides is 1. The Hall–Kier alpha value is -1.58. The number of esters is 1. The van der Waals surface area contributed by atoms with Gasteiger partial charge < -0.3 is 44.5 Å². The first-order valence-corrected chi connectivity index (χ1v) is 17.4. The summed E-state index contributed by atoms with van der Waals surface area (Å²) < 4.78 is 13.2. The summed E-state index contributed by atoms with van der Waals surface area (Å²) in [6.07, 6.45) is 25.2. The van der Waals surface area contributed by atoms with Crippen molar-refractivity contribution in [3.8, 4) is 5.88 Å². The van der Waals surface area contributed by atoms with Crippen molar-refractivity contribution in [2.24, 2.45) is 5.92 Å². The summed E-state index contributed by atoms with van der Waals surface area (Å²) in [5.74, 6) is 0.329. The number of anilines is 1. The second-order valence-corrected chi connectivity index (χ2v) is 12.4. The summed E-state index contributed by atoms with van der Waals surface area (Å²) >= 11 is 0. The van der Waals surface area contributed by atoms with Crippen LogP contribution in [0.5, 0.6) is 5.88 Å². The van der Waals surface area contributed by atoms with Gasteiger partial charge in [0.25, 0.3) is 0 Å². The maximum Gasteiger partial charge on any atom is 0.416 e. The maximum absolute atomic E-state index is 13.0. The van der Waals surface area contributed by atoms with Crippen molar-refractivity contribution in [1.29, 1.82) is 0 Å². The second-order valence-electron chi connectivity index (χ2n) is 12.4. The fraction of sp³-hybridized carbons (Fsp3) is 0.800. The standard InChI is InChI=1S/C35H61N3O4.HI/c1-5-7-8-9-10-11-12-13-14-15-16-17-18-19-20-23-26-37-35(40)42-33-28(3)31(32(36)29(4)38(33)6-2)34(39)41-27-30-24-21-22-25-30;/h30H,5-27H2,1-4H3,(H2-,36,37,39,40);1H. The highest BCUT2D eigenvalue weighted by atomic mass is 127. The van der Waals surface area contributed by atoms with Gasteiger partial charge in [-0.25, -0.2) is 9.59 Å². The first kappa shape index (κ1) is 39.4. The summed E-state index contributed by atoms with van der Waals surface area (Å²) in [5.41, 5.74) is 8.28. The number of nitrogens with two attached hydrogens (primary N) is 1. The fourth-order valence-corrected chi connectivity index (χ4v) is 6.20. The Kier molecular flexibility index (Phi) is 21.8. The Balaban J connectivity index is 0.00000924. The Morgan fingerprint density at radius 2 is 1.30 bits per heavy atom. The Morgan fingerprint density at radius 3 is 1.79 bits per heavy atom. The Labute approximate surface area is 279 Å². The molecule has 0 radical (unpaired) electrons. The number of nitrogen functional groups attached to an aromatic ring is 1. The third-order valence-electron chi connectivity index (χ3n) is 8.94. The molecule has 8 heteroatoms. The number of unbranched alkanes of at least 4 members (excludes halogenated alkanes) is 15. The Bertz CT molecular complexity index is 934. The minimum atomic E-state index is -0.504. The minimum absolute atomic E-state index is 0. The van der Waals surface area contributed by atoms with Crippen LogP contribution in [0.1, 0.15) is 164 Å². The normalized spacial score (nSPS) is 13.1. The van der Waals surface area contributed by atoms with Gasteiger partial charge in [0.1, 0.15) is 17.8 Å². The molecule has 2 rings (SSSR count). The molecule has 0 unspecified atom stereocenters. The van der Waals surface area contributed by atoms with E-state index in [1.54, 1.807) is 6.92 Å². The van der Waals surface area contributed by atoms with Crippen LogP contribution in [0.2, 0.25) is 0 Å². The average Bonchev–Trinajstić information content (AvgIpc) is 3.50. The van der Waals surface area contributed by atoms with Crippen LogP contribution < -0.4 is 44.3 Å². The van der Waals surface area contributed by atoms with E-state index in [0.717, 1.165) is 25.7 Å². The van der Waals surface area contributed by atoms with Crippen LogP contribution in [0.25, 0.3) is 0 Å². The molecule has 1 amide bonds. The zero-order valence-electron chi connectivity index (χ0n) is 27.9. The number of ether oxygens (including phenoxy) is 2. The number of carbonyl (C=O) groups is 2. The van der Waals surface area contributed by atoms with E-state index in [1.165, 1.54) is 103 Å². The largest absolute Gasteiger partial charge is 1.00 e. The number of aromatic nitrogens is 1. The van der Waals surface area contributed by atoms with Crippen LogP contribution in [0.3, 0.4) is 0 Å². The minimum Gasteiger partial charge on any atom is -1.00 e. The highest BCUT2D eigenvalue weighted by molar-refractivity contribution is 5.97. The maximum atomic E-state index is 13.0. The molecule has 1 fully saturated rings. The van der Waals surface area contributed by atoms with Gasteiger partial charge >= 0.3 is 17.9 Å². The molecule has 0 saturated heterocycles. The molecule has 248 valence electrons. The highest BCUT2D eigenvalue weighted by Gasteiger charge is 2.32. The molecule has 0 aliphatic heterocycles. The number of carbonyl (C=O) groups excluding carboxylic acids is 2. The van der Waals surface area contributed by atoms with Crippen molar-refractivity contribution in [2.75, 3.05) is 18.9 Å². The SMILES string of the molecule is CCCCCCCCCCCCCCCCCCNC(=O)Oc1c(C)c(C(=O)OCC2CCCC2)c(N)c(C)[n+]1CC.[I-]. The first-order chi connectivity index (χ1) is 20.4. The predicted molar refractivity (Wildman–Crippen MR) is 172 cm³/mol. The molecule has 1 aromatic heterocycles. The van der Waals surface area contributed by atoms with Gasteiger partial charge in [0.15, 0.2) is 0 Å². The van der Waals surface area contributed by atoms with E-state index in [4.69, 9.17) is 15.2 Å². The number of hydrogen-bond acceptors (Lipinski definition) is 5. The van der Waals surface area contributed by atoms with Crippen molar-refractivity contribution in [3.63, 3.8) is 0 Å². The molecule has 7 nitrogen and oxygen atoms in total. The molecule has 1 saturated carbocycles. The van der Waals surface area contributed by atoms with Gasteiger partial charge in [-0.3, -0.25) is 0 Å². The summed E-state index contributed by atoms with van der Waals surface area (Å²) in [6.45, 7) is 9.40.